The Morgan fingerprint density at radius 3 is 2.65 bits per heavy atom. The smallest absolute Gasteiger partial charge is 0.257 e. The molecule has 0 radical (unpaired) electrons. The molecule has 0 saturated carbocycles. The Hall–Kier alpha value is -1.30. The van der Waals surface area contributed by atoms with Crippen molar-refractivity contribution >= 4 is 56.5 Å². The molecule has 0 aliphatic rings. The molecule has 2 rings (SSSR count). The van der Waals surface area contributed by atoms with E-state index in [1.807, 2.05) is 0 Å². The highest BCUT2D eigenvalue weighted by Gasteiger charge is 2.11. The molecule has 2 N–H and O–H groups in total. The Morgan fingerprint density at radius 1 is 1.25 bits per heavy atom. The van der Waals surface area contributed by atoms with Crippen molar-refractivity contribution in [2.45, 2.75) is 0 Å². The number of halogens is 3. The molecule has 1 heterocycles. The number of anilines is 2. The van der Waals surface area contributed by atoms with Crippen molar-refractivity contribution < 1.29 is 4.79 Å². The largest absolute Gasteiger partial charge is 0.372 e. The Kier molecular flexibility index (Phi) is 4.86. The Morgan fingerprint density at radius 2 is 2.00 bits per heavy atom. The van der Waals surface area contributed by atoms with Crippen molar-refractivity contribution in [1.82, 2.24) is 4.98 Å². The van der Waals surface area contributed by atoms with Gasteiger partial charge in [0.1, 0.15) is 5.82 Å². The second kappa shape index (κ2) is 6.43. The maximum atomic E-state index is 12.1. The lowest BCUT2D eigenvalue weighted by Crippen LogP contribution is -2.13. The summed E-state index contributed by atoms with van der Waals surface area (Å²) in [6, 6.07) is 6.74. The standard InChI is InChI=1S/C13H10BrCl2N3O/c1-17-12-10(16)4-7(6-18-12)13(20)19-11-5-8(14)2-3-9(11)15/h2-6H,1H3,(H,17,18)(H,19,20). The van der Waals surface area contributed by atoms with Gasteiger partial charge in [0.2, 0.25) is 0 Å². The first-order valence-electron chi connectivity index (χ1n) is 5.61. The van der Waals surface area contributed by atoms with Crippen molar-refractivity contribution in [1.29, 1.82) is 0 Å². The maximum Gasteiger partial charge on any atom is 0.257 e. The topological polar surface area (TPSA) is 54.0 Å². The molecule has 1 aromatic heterocycles. The predicted octanol–water partition coefficient (Wildman–Crippen LogP) is 4.44. The Bertz CT molecular complexity index is 664. The number of amides is 1. The van der Waals surface area contributed by atoms with Gasteiger partial charge in [0.15, 0.2) is 0 Å². The van der Waals surface area contributed by atoms with Crippen molar-refractivity contribution in [3.05, 3.63) is 50.5 Å². The van der Waals surface area contributed by atoms with Gasteiger partial charge in [0, 0.05) is 17.7 Å². The molecule has 2 aromatic rings. The molecule has 1 aromatic carbocycles. The van der Waals surface area contributed by atoms with E-state index in [4.69, 9.17) is 23.2 Å². The normalized spacial score (nSPS) is 10.2. The molecule has 104 valence electrons. The highest BCUT2D eigenvalue weighted by Crippen LogP contribution is 2.26. The van der Waals surface area contributed by atoms with Crippen molar-refractivity contribution in [3.63, 3.8) is 0 Å². The Labute approximate surface area is 134 Å². The second-order valence-electron chi connectivity index (χ2n) is 3.88. The van der Waals surface area contributed by atoms with Gasteiger partial charge < -0.3 is 10.6 Å². The monoisotopic (exact) mass is 373 g/mol. The summed E-state index contributed by atoms with van der Waals surface area (Å²) < 4.78 is 0.818. The van der Waals surface area contributed by atoms with Crippen LogP contribution in [0.2, 0.25) is 10.0 Å². The van der Waals surface area contributed by atoms with E-state index in [9.17, 15) is 4.79 Å². The fraction of sp³-hybridized carbons (Fsp3) is 0.0769. The zero-order valence-corrected chi connectivity index (χ0v) is 13.5. The summed E-state index contributed by atoms with van der Waals surface area (Å²) in [5, 5.41) is 6.36. The van der Waals surface area contributed by atoms with Crippen LogP contribution in [-0.4, -0.2) is 17.9 Å². The van der Waals surface area contributed by atoms with E-state index in [-0.39, 0.29) is 5.91 Å². The van der Waals surface area contributed by atoms with Crippen LogP contribution in [0.3, 0.4) is 0 Å². The van der Waals surface area contributed by atoms with Gasteiger partial charge in [-0.2, -0.15) is 0 Å². The second-order valence-corrected chi connectivity index (χ2v) is 5.61. The molecule has 0 bridgehead atoms. The number of carbonyl (C=O) groups excluding carboxylic acids is 1. The number of nitrogens with zero attached hydrogens (tertiary/aromatic N) is 1. The first-order chi connectivity index (χ1) is 9.51. The van der Waals surface area contributed by atoms with Crippen molar-refractivity contribution in [3.8, 4) is 0 Å². The number of hydrogen-bond donors (Lipinski definition) is 2. The number of aromatic nitrogens is 1. The average Bonchev–Trinajstić information content (AvgIpc) is 2.42. The van der Waals surface area contributed by atoms with Gasteiger partial charge in [0.05, 0.1) is 21.3 Å². The van der Waals surface area contributed by atoms with Crippen molar-refractivity contribution in [2.75, 3.05) is 17.7 Å². The maximum absolute atomic E-state index is 12.1. The number of carbonyl (C=O) groups is 1. The molecule has 0 fully saturated rings. The molecule has 0 aliphatic heterocycles. The summed E-state index contributed by atoms with van der Waals surface area (Å²) in [6.45, 7) is 0. The third-order valence-corrected chi connectivity index (χ3v) is 3.63. The third kappa shape index (κ3) is 3.42. The molecule has 7 heteroatoms. The van der Waals surface area contributed by atoms with E-state index in [2.05, 4.69) is 31.5 Å². The van der Waals surface area contributed by atoms with Crippen LogP contribution in [0.25, 0.3) is 0 Å². The fourth-order valence-corrected chi connectivity index (χ4v) is 2.32. The first kappa shape index (κ1) is 15.1. The van der Waals surface area contributed by atoms with Gasteiger partial charge in [-0.3, -0.25) is 4.79 Å². The van der Waals surface area contributed by atoms with Crippen LogP contribution in [0.15, 0.2) is 34.9 Å². The van der Waals surface area contributed by atoms with Gasteiger partial charge in [-0.1, -0.05) is 39.1 Å². The lowest BCUT2D eigenvalue weighted by molar-refractivity contribution is 0.102. The van der Waals surface area contributed by atoms with Gasteiger partial charge in [-0.05, 0) is 24.3 Å². The molecule has 20 heavy (non-hydrogen) atoms. The van der Waals surface area contributed by atoms with E-state index >= 15 is 0 Å². The fourth-order valence-electron chi connectivity index (χ4n) is 1.53. The van der Waals surface area contributed by atoms with Crippen LogP contribution in [0.1, 0.15) is 10.4 Å². The van der Waals surface area contributed by atoms with Crippen LogP contribution in [0.4, 0.5) is 11.5 Å². The third-order valence-electron chi connectivity index (χ3n) is 2.52. The minimum Gasteiger partial charge on any atom is -0.372 e. The summed E-state index contributed by atoms with van der Waals surface area (Å²) in [5.74, 6) is 0.186. The summed E-state index contributed by atoms with van der Waals surface area (Å²) in [7, 11) is 1.70. The molecule has 1 amide bonds. The summed E-state index contributed by atoms with van der Waals surface area (Å²) in [5.41, 5.74) is 0.866. The van der Waals surface area contributed by atoms with Crippen LogP contribution in [0.5, 0.6) is 0 Å². The van der Waals surface area contributed by atoms with E-state index in [1.165, 1.54) is 6.20 Å². The summed E-state index contributed by atoms with van der Waals surface area (Å²) in [4.78, 5) is 16.2. The predicted molar refractivity (Wildman–Crippen MR) is 85.9 cm³/mol. The van der Waals surface area contributed by atoms with Crippen LogP contribution in [-0.2, 0) is 0 Å². The number of benzene rings is 1. The number of nitrogens with one attached hydrogen (secondary N) is 2. The van der Waals surface area contributed by atoms with Gasteiger partial charge in [0.25, 0.3) is 5.91 Å². The number of hydrogen-bond acceptors (Lipinski definition) is 3. The lowest BCUT2D eigenvalue weighted by Gasteiger charge is -2.09. The molecular formula is C13H10BrCl2N3O. The van der Waals surface area contributed by atoms with E-state index in [0.29, 0.717) is 27.1 Å². The first-order valence-corrected chi connectivity index (χ1v) is 7.16. The van der Waals surface area contributed by atoms with Crippen LogP contribution >= 0.6 is 39.1 Å². The van der Waals surface area contributed by atoms with Crippen LogP contribution in [0, 0.1) is 0 Å². The number of pyridine rings is 1. The van der Waals surface area contributed by atoms with Crippen molar-refractivity contribution in [2.24, 2.45) is 0 Å². The lowest BCUT2D eigenvalue weighted by atomic mass is 10.2. The van der Waals surface area contributed by atoms with E-state index < -0.39 is 0 Å². The molecule has 0 unspecified atom stereocenters. The van der Waals surface area contributed by atoms with E-state index in [0.717, 1.165) is 4.47 Å². The highest BCUT2D eigenvalue weighted by molar-refractivity contribution is 9.10. The molecule has 0 aliphatic carbocycles. The number of rotatable bonds is 3. The zero-order valence-electron chi connectivity index (χ0n) is 10.4. The zero-order chi connectivity index (χ0) is 14.7. The molecule has 4 nitrogen and oxygen atoms in total. The van der Waals surface area contributed by atoms with Gasteiger partial charge in [-0.15, -0.1) is 0 Å². The quantitative estimate of drug-likeness (QED) is 0.834. The molecule has 0 atom stereocenters. The Balaban J connectivity index is 2.24. The van der Waals surface area contributed by atoms with Gasteiger partial charge >= 0.3 is 0 Å². The molecule has 0 spiro atoms. The molecule has 0 saturated heterocycles. The minimum absolute atomic E-state index is 0.331. The van der Waals surface area contributed by atoms with Gasteiger partial charge in [-0.25, -0.2) is 4.98 Å². The summed E-state index contributed by atoms with van der Waals surface area (Å²) in [6.07, 6.45) is 1.44. The SMILES string of the molecule is CNc1ncc(C(=O)Nc2cc(Br)ccc2Cl)cc1Cl. The van der Waals surface area contributed by atoms with Crippen LogP contribution < -0.4 is 10.6 Å². The average molecular weight is 375 g/mol. The minimum atomic E-state index is -0.331. The van der Waals surface area contributed by atoms with E-state index in [1.54, 1.807) is 31.3 Å². The summed E-state index contributed by atoms with van der Waals surface area (Å²) >= 11 is 15.3. The molecular weight excluding hydrogens is 365 g/mol. The highest BCUT2D eigenvalue weighted by atomic mass is 79.9.